The number of rotatable bonds is 4. The molecule has 1 aromatic carbocycles. The normalized spacial score (nSPS) is 16.6. The number of fused-ring (bicyclic) bond motifs is 1. The van der Waals surface area contributed by atoms with E-state index in [0.717, 1.165) is 44.3 Å². The fraction of sp³-hybridized carbons (Fsp3) is 0.316. The molecule has 4 rings (SSSR count). The van der Waals surface area contributed by atoms with Crippen molar-refractivity contribution in [2.24, 2.45) is 0 Å². The summed E-state index contributed by atoms with van der Waals surface area (Å²) in [6, 6.07) is 10.2. The van der Waals surface area contributed by atoms with Crippen molar-refractivity contribution < 1.29 is 4.79 Å². The summed E-state index contributed by atoms with van der Waals surface area (Å²) in [4.78, 5) is 15.2. The fourth-order valence-electron chi connectivity index (χ4n) is 3.00. The van der Waals surface area contributed by atoms with Crippen molar-refractivity contribution in [1.29, 1.82) is 0 Å². The highest BCUT2D eigenvalue weighted by Gasteiger charge is 2.23. The van der Waals surface area contributed by atoms with Gasteiger partial charge in [-0.2, -0.15) is 11.8 Å². The van der Waals surface area contributed by atoms with E-state index < -0.39 is 0 Å². The molecule has 1 aliphatic rings. The lowest BCUT2D eigenvalue weighted by atomic mass is 10.1. The Morgan fingerprint density at radius 1 is 1.26 bits per heavy atom. The molecule has 1 atom stereocenters. The van der Waals surface area contributed by atoms with Gasteiger partial charge in [-0.3, -0.25) is 4.79 Å². The number of thioether (sulfide) groups is 1. The summed E-state index contributed by atoms with van der Waals surface area (Å²) in [5, 5.41) is 13.8. The van der Waals surface area contributed by atoms with Gasteiger partial charge in [0.1, 0.15) is 0 Å². The molecule has 5 nitrogen and oxygen atoms in total. The van der Waals surface area contributed by atoms with Crippen LogP contribution in [0.4, 0.5) is 5.82 Å². The monoisotopic (exact) mass is 418 g/mol. The van der Waals surface area contributed by atoms with E-state index in [1.54, 1.807) is 25.4 Å². The van der Waals surface area contributed by atoms with Crippen LogP contribution in [0, 0.1) is 0 Å². The number of carbonyl (C=O) groups excluding carboxylic acids is 1. The molecule has 140 valence electrons. The van der Waals surface area contributed by atoms with Crippen molar-refractivity contribution in [2.45, 2.75) is 12.5 Å². The molecule has 1 aliphatic heterocycles. The number of amides is 1. The Kier molecular flexibility index (Phi) is 5.25. The maximum atomic E-state index is 12.6. The van der Waals surface area contributed by atoms with E-state index in [1.165, 1.54) is 4.90 Å². The molecule has 3 aromatic rings. The molecule has 1 fully saturated rings. The minimum atomic E-state index is -0.139. The highest BCUT2D eigenvalue weighted by atomic mass is 35.5. The second-order valence-corrected chi connectivity index (χ2v) is 9.30. The molecule has 1 amide bonds. The van der Waals surface area contributed by atoms with Crippen LogP contribution in [0.3, 0.4) is 0 Å². The first-order valence-corrected chi connectivity index (χ1v) is 11.0. The lowest BCUT2D eigenvalue weighted by Gasteiger charge is -2.14. The van der Waals surface area contributed by atoms with Crippen molar-refractivity contribution in [2.75, 3.05) is 30.9 Å². The zero-order valence-electron chi connectivity index (χ0n) is 15.0. The highest BCUT2D eigenvalue weighted by molar-refractivity contribution is 7.99. The summed E-state index contributed by atoms with van der Waals surface area (Å²) in [6.45, 7) is 0. The van der Waals surface area contributed by atoms with Gasteiger partial charge in [-0.1, -0.05) is 23.7 Å². The molecule has 27 heavy (non-hydrogen) atoms. The third-order valence-corrected chi connectivity index (χ3v) is 7.07. The van der Waals surface area contributed by atoms with Crippen LogP contribution >= 0.6 is 34.7 Å². The lowest BCUT2D eigenvalue weighted by Crippen LogP contribution is -2.24. The molecule has 8 heteroatoms. The third-order valence-electron chi connectivity index (χ3n) is 4.46. The average Bonchev–Trinajstić information content (AvgIpc) is 3.32. The molecule has 2 aromatic heterocycles. The fourth-order valence-corrected chi connectivity index (χ4v) is 5.42. The molecule has 1 saturated heterocycles. The molecular formula is C19H19ClN4OS2. The Bertz CT molecular complexity index is 981. The van der Waals surface area contributed by atoms with Crippen molar-refractivity contribution in [1.82, 2.24) is 15.1 Å². The maximum Gasteiger partial charge on any atom is 0.275 e. The van der Waals surface area contributed by atoms with E-state index >= 15 is 0 Å². The first kappa shape index (κ1) is 18.5. The average molecular weight is 419 g/mol. The van der Waals surface area contributed by atoms with Crippen LogP contribution in [0.15, 0.2) is 30.3 Å². The molecule has 0 radical (unpaired) electrons. The number of carbonyl (C=O) groups is 1. The maximum absolute atomic E-state index is 12.6. The van der Waals surface area contributed by atoms with E-state index in [0.29, 0.717) is 16.8 Å². The summed E-state index contributed by atoms with van der Waals surface area (Å²) in [5.74, 6) is 2.84. The molecule has 0 spiro atoms. The number of nitrogens with zero attached hydrogens (tertiary/aromatic N) is 3. The number of hydrogen-bond donors (Lipinski definition) is 1. The van der Waals surface area contributed by atoms with E-state index in [2.05, 4.69) is 21.6 Å². The molecule has 0 bridgehead atoms. The van der Waals surface area contributed by atoms with Crippen molar-refractivity contribution in [3.8, 4) is 10.4 Å². The standard InChI is InChI=1S/C19H19ClN4OS2/c1-24(2)19(25)16-17-14(18(23-22-16)21-13-7-8-26-10-13)9-15(27-17)11-3-5-12(20)6-4-11/h3-6,9,13H,7-8,10H2,1-2H3,(H,21,23). The first-order chi connectivity index (χ1) is 13.0. The SMILES string of the molecule is CN(C)C(=O)c1nnc(NC2CCSC2)c2cc(-c3ccc(Cl)cc3)sc12. The minimum Gasteiger partial charge on any atom is -0.364 e. The van der Waals surface area contributed by atoms with E-state index in [4.69, 9.17) is 11.6 Å². The Balaban J connectivity index is 1.83. The van der Waals surface area contributed by atoms with Crippen molar-refractivity contribution in [3.05, 3.63) is 41.0 Å². The topological polar surface area (TPSA) is 58.1 Å². The summed E-state index contributed by atoms with van der Waals surface area (Å²) in [7, 11) is 3.46. The number of halogens is 1. The van der Waals surface area contributed by atoms with Gasteiger partial charge in [0, 0.05) is 41.2 Å². The van der Waals surface area contributed by atoms with Crippen molar-refractivity contribution in [3.63, 3.8) is 0 Å². The molecule has 1 unspecified atom stereocenters. The second-order valence-electron chi connectivity index (χ2n) is 6.66. The van der Waals surface area contributed by atoms with Gasteiger partial charge < -0.3 is 10.2 Å². The van der Waals surface area contributed by atoms with Crippen LogP contribution < -0.4 is 5.32 Å². The number of nitrogens with one attached hydrogen (secondary N) is 1. The quantitative estimate of drug-likeness (QED) is 0.669. The number of thiophene rings is 1. The van der Waals surface area contributed by atoms with Crippen LogP contribution in [0.2, 0.25) is 5.02 Å². The number of anilines is 1. The third kappa shape index (κ3) is 3.77. The summed E-state index contributed by atoms with van der Waals surface area (Å²) >= 11 is 9.52. The van der Waals surface area contributed by atoms with Crippen molar-refractivity contribution >= 4 is 56.5 Å². The zero-order valence-corrected chi connectivity index (χ0v) is 17.4. The number of benzene rings is 1. The Hall–Kier alpha value is -1.83. The lowest BCUT2D eigenvalue weighted by molar-refractivity contribution is 0.0823. The van der Waals surface area contributed by atoms with Crippen LogP contribution in [-0.2, 0) is 0 Å². The smallest absolute Gasteiger partial charge is 0.275 e. The predicted octanol–water partition coefficient (Wildman–Crippen LogP) is 4.63. The summed E-state index contributed by atoms with van der Waals surface area (Å²) < 4.78 is 0.863. The minimum absolute atomic E-state index is 0.139. The van der Waals surface area contributed by atoms with Gasteiger partial charge in [-0.15, -0.1) is 21.5 Å². The van der Waals surface area contributed by atoms with Gasteiger partial charge in [0.25, 0.3) is 5.91 Å². The Morgan fingerprint density at radius 3 is 2.70 bits per heavy atom. The van der Waals surface area contributed by atoms with Crippen LogP contribution in [0.1, 0.15) is 16.9 Å². The largest absolute Gasteiger partial charge is 0.364 e. The number of hydrogen-bond acceptors (Lipinski definition) is 6. The van der Waals surface area contributed by atoms with E-state index in [1.807, 2.05) is 36.0 Å². The van der Waals surface area contributed by atoms with Gasteiger partial charge in [0.15, 0.2) is 11.5 Å². The Labute approximate surface area is 171 Å². The predicted molar refractivity (Wildman–Crippen MR) is 115 cm³/mol. The zero-order chi connectivity index (χ0) is 19.0. The molecule has 0 aliphatic carbocycles. The van der Waals surface area contributed by atoms with E-state index in [9.17, 15) is 4.79 Å². The molecular weight excluding hydrogens is 400 g/mol. The summed E-state index contributed by atoms with van der Waals surface area (Å²) in [5.41, 5.74) is 1.46. The summed E-state index contributed by atoms with van der Waals surface area (Å²) in [6.07, 6.45) is 1.11. The number of aromatic nitrogens is 2. The van der Waals surface area contributed by atoms with Gasteiger partial charge in [-0.05, 0) is 35.9 Å². The van der Waals surface area contributed by atoms with Gasteiger partial charge >= 0.3 is 0 Å². The molecule has 0 saturated carbocycles. The highest BCUT2D eigenvalue weighted by Crippen LogP contribution is 2.38. The van der Waals surface area contributed by atoms with E-state index in [-0.39, 0.29) is 5.91 Å². The Morgan fingerprint density at radius 2 is 2.04 bits per heavy atom. The molecule has 3 heterocycles. The van der Waals surface area contributed by atoms with Gasteiger partial charge in [-0.25, -0.2) is 0 Å². The second kappa shape index (κ2) is 7.66. The van der Waals surface area contributed by atoms with Crippen LogP contribution in [0.25, 0.3) is 20.5 Å². The van der Waals surface area contributed by atoms with Crippen LogP contribution in [-0.4, -0.2) is 52.6 Å². The molecule has 1 N–H and O–H groups in total. The van der Waals surface area contributed by atoms with Gasteiger partial charge in [0.2, 0.25) is 0 Å². The van der Waals surface area contributed by atoms with Gasteiger partial charge in [0.05, 0.1) is 4.70 Å². The first-order valence-electron chi connectivity index (χ1n) is 8.65. The van der Waals surface area contributed by atoms with Crippen LogP contribution in [0.5, 0.6) is 0 Å².